The first-order valence-electron chi connectivity index (χ1n) is 17.0. The first-order valence-corrected chi connectivity index (χ1v) is 17.0. The average Bonchev–Trinajstić information content (AvgIpc) is 3.37. The van der Waals surface area contributed by atoms with Gasteiger partial charge in [0.2, 0.25) is 0 Å². The van der Waals surface area contributed by atoms with Gasteiger partial charge in [0.05, 0.1) is 5.69 Å². The molecule has 2 nitrogen and oxygen atoms in total. The quantitative estimate of drug-likeness (QED) is 0.197. The Balaban J connectivity index is 1.05. The summed E-state index contributed by atoms with van der Waals surface area (Å²) in [6, 6.07) is 63.7. The summed E-state index contributed by atoms with van der Waals surface area (Å²) < 4.78 is 0. The predicted molar refractivity (Wildman–Crippen MR) is 209 cm³/mol. The van der Waals surface area contributed by atoms with Gasteiger partial charge in [-0.25, -0.2) is 0 Å². The molecule has 234 valence electrons. The van der Waals surface area contributed by atoms with Crippen LogP contribution < -0.4 is 10.2 Å². The largest absolute Gasteiger partial charge is 0.356 e. The van der Waals surface area contributed by atoms with E-state index in [1.54, 1.807) is 0 Å². The number of hydrogen-bond acceptors (Lipinski definition) is 2. The third-order valence-corrected chi connectivity index (χ3v) is 10.2. The van der Waals surface area contributed by atoms with Crippen molar-refractivity contribution in [1.82, 2.24) is 0 Å². The summed E-state index contributed by atoms with van der Waals surface area (Å²) in [5.41, 5.74) is 13.3. The minimum absolute atomic E-state index is 0.169. The first-order chi connectivity index (χ1) is 24.0. The number of nitrogens with one attached hydrogen (secondary N) is 1. The summed E-state index contributed by atoms with van der Waals surface area (Å²) in [5, 5.41) is 8.70. The molecule has 8 aromatic rings. The van der Waals surface area contributed by atoms with E-state index in [1.165, 1.54) is 60.6 Å². The van der Waals surface area contributed by atoms with E-state index in [2.05, 4.69) is 200 Å². The Bertz CT molecular complexity index is 2480. The molecule has 0 spiro atoms. The predicted octanol–water partition coefficient (Wildman–Crippen LogP) is 13.2. The molecule has 1 aliphatic rings. The van der Waals surface area contributed by atoms with E-state index in [0.29, 0.717) is 0 Å². The van der Waals surface area contributed by atoms with Gasteiger partial charge in [0.1, 0.15) is 0 Å². The highest BCUT2D eigenvalue weighted by molar-refractivity contribution is 6.00. The van der Waals surface area contributed by atoms with Crippen molar-refractivity contribution in [2.75, 3.05) is 10.2 Å². The van der Waals surface area contributed by atoms with Crippen LogP contribution in [0.1, 0.15) is 25.0 Å². The summed E-state index contributed by atoms with van der Waals surface area (Å²) in [5.74, 6) is 0. The van der Waals surface area contributed by atoms with Crippen LogP contribution in [0.3, 0.4) is 0 Å². The lowest BCUT2D eigenvalue weighted by Gasteiger charge is -2.29. The molecule has 8 aromatic carbocycles. The first kappa shape index (κ1) is 29.1. The highest BCUT2D eigenvalue weighted by Gasteiger charge is 2.36. The molecule has 49 heavy (non-hydrogen) atoms. The van der Waals surface area contributed by atoms with Crippen molar-refractivity contribution >= 4 is 50.0 Å². The maximum atomic E-state index is 3.70. The highest BCUT2D eigenvalue weighted by Crippen LogP contribution is 2.52. The van der Waals surface area contributed by atoms with Crippen LogP contribution in [0.15, 0.2) is 176 Å². The Morgan fingerprint density at radius 2 is 1.02 bits per heavy atom. The van der Waals surface area contributed by atoms with E-state index >= 15 is 0 Å². The Hall–Kier alpha value is -6.12. The van der Waals surface area contributed by atoms with Crippen molar-refractivity contribution in [3.8, 4) is 22.3 Å². The number of fused-ring (bicyclic) bond motifs is 5. The van der Waals surface area contributed by atoms with Gasteiger partial charge in [-0.15, -0.1) is 0 Å². The van der Waals surface area contributed by atoms with Crippen LogP contribution in [0, 0.1) is 0 Å². The van der Waals surface area contributed by atoms with Crippen LogP contribution in [0.4, 0.5) is 28.4 Å². The van der Waals surface area contributed by atoms with Gasteiger partial charge in [0.15, 0.2) is 0 Å². The summed E-state index contributed by atoms with van der Waals surface area (Å²) in [7, 11) is 0. The van der Waals surface area contributed by atoms with E-state index in [1.807, 2.05) is 0 Å². The molecule has 0 aromatic heterocycles. The van der Waals surface area contributed by atoms with Gasteiger partial charge in [0, 0.05) is 33.6 Å². The van der Waals surface area contributed by atoms with Crippen molar-refractivity contribution < 1.29 is 0 Å². The van der Waals surface area contributed by atoms with E-state index in [9.17, 15) is 0 Å². The van der Waals surface area contributed by atoms with Crippen molar-refractivity contribution in [3.05, 3.63) is 187 Å². The van der Waals surface area contributed by atoms with E-state index in [-0.39, 0.29) is 5.41 Å². The van der Waals surface area contributed by atoms with Crippen molar-refractivity contribution in [2.24, 2.45) is 0 Å². The normalized spacial score (nSPS) is 12.9. The Kier molecular flexibility index (Phi) is 6.84. The van der Waals surface area contributed by atoms with Crippen molar-refractivity contribution in [1.29, 1.82) is 0 Å². The lowest BCUT2D eigenvalue weighted by Crippen LogP contribution is -2.17. The molecule has 0 saturated heterocycles. The molecule has 2 heteroatoms. The molecular formula is C47H36N2. The summed E-state index contributed by atoms with van der Waals surface area (Å²) in [4.78, 5) is 2.40. The van der Waals surface area contributed by atoms with Crippen LogP contribution in [0.2, 0.25) is 0 Å². The van der Waals surface area contributed by atoms with Gasteiger partial charge in [-0.1, -0.05) is 135 Å². The number of rotatable bonds is 6. The van der Waals surface area contributed by atoms with Crippen LogP contribution in [0.5, 0.6) is 0 Å². The van der Waals surface area contributed by atoms with Crippen LogP contribution in [-0.4, -0.2) is 0 Å². The lowest BCUT2D eigenvalue weighted by atomic mass is 9.82. The summed E-state index contributed by atoms with van der Waals surface area (Å²) in [6.07, 6.45) is 0. The average molecular weight is 629 g/mol. The Labute approximate surface area is 287 Å². The number of para-hydroxylation sites is 1. The fourth-order valence-electron chi connectivity index (χ4n) is 7.73. The van der Waals surface area contributed by atoms with Gasteiger partial charge in [-0.05, 0) is 104 Å². The fraction of sp³-hybridized carbons (Fsp3) is 0.0638. The molecule has 0 unspecified atom stereocenters. The molecule has 1 aliphatic carbocycles. The van der Waals surface area contributed by atoms with E-state index in [0.717, 1.165) is 22.7 Å². The summed E-state index contributed by atoms with van der Waals surface area (Å²) in [6.45, 7) is 4.71. The van der Waals surface area contributed by atoms with Gasteiger partial charge in [-0.3, -0.25) is 0 Å². The maximum Gasteiger partial charge on any atom is 0.0540 e. The van der Waals surface area contributed by atoms with Gasteiger partial charge >= 0.3 is 0 Å². The van der Waals surface area contributed by atoms with Gasteiger partial charge < -0.3 is 10.2 Å². The van der Waals surface area contributed by atoms with Gasteiger partial charge in [0.25, 0.3) is 0 Å². The molecular weight excluding hydrogens is 593 g/mol. The molecule has 0 saturated carbocycles. The maximum absolute atomic E-state index is 3.70. The van der Waals surface area contributed by atoms with E-state index in [4.69, 9.17) is 0 Å². The lowest BCUT2D eigenvalue weighted by molar-refractivity contribution is 0.660. The Morgan fingerprint density at radius 1 is 0.429 bits per heavy atom. The molecule has 1 N–H and O–H groups in total. The third kappa shape index (κ3) is 4.96. The molecule has 0 heterocycles. The topological polar surface area (TPSA) is 15.3 Å². The monoisotopic (exact) mass is 628 g/mol. The van der Waals surface area contributed by atoms with Crippen LogP contribution in [-0.2, 0) is 5.41 Å². The summed E-state index contributed by atoms with van der Waals surface area (Å²) >= 11 is 0. The third-order valence-electron chi connectivity index (χ3n) is 10.2. The zero-order valence-corrected chi connectivity index (χ0v) is 27.7. The van der Waals surface area contributed by atoms with Gasteiger partial charge in [-0.2, -0.15) is 0 Å². The number of benzene rings is 8. The van der Waals surface area contributed by atoms with Crippen molar-refractivity contribution in [2.45, 2.75) is 19.3 Å². The number of hydrogen-bond donors (Lipinski definition) is 1. The zero-order chi connectivity index (χ0) is 33.0. The molecule has 0 atom stereocenters. The molecule has 9 rings (SSSR count). The van der Waals surface area contributed by atoms with Crippen LogP contribution in [0.25, 0.3) is 43.8 Å². The molecule has 0 bridgehead atoms. The highest BCUT2D eigenvalue weighted by atomic mass is 15.1. The Morgan fingerprint density at radius 3 is 1.80 bits per heavy atom. The molecule has 0 amide bonds. The number of nitrogens with zero attached hydrogens (tertiary/aromatic N) is 1. The standard InChI is InChI=1S/C47H36N2/c1-47(2)44-30-36(48-35-24-22-34(23-25-35)40-20-10-14-32-12-6-8-18-39(32)40)26-28-42(44)43-29-27-38(31-45(43)47)49(37-16-4-3-5-17-37)46-21-11-15-33-13-7-9-19-41(33)46/h3-31,48H,1-2H3. The molecule has 0 aliphatic heterocycles. The van der Waals surface area contributed by atoms with Crippen molar-refractivity contribution in [3.63, 3.8) is 0 Å². The SMILES string of the molecule is CC1(C)c2cc(Nc3ccc(-c4cccc5ccccc45)cc3)ccc2-c2ccc(N(c3ccccc3)c3cccc4ccccc34)cc21. The molecule has 0 fully saturated rings. The number of anilines is 5. The second-order valence-electron chi connectivity index (χ2n) is 13.5. The van der Waals surface area contributed by atoms with Crippen LogP contribution >= 0.6 is 0 Å². The minimum Gasteiger partial charge on any atom is -0.356 e. The second-order valence-corrected chi connectivity index (χ2v) is 13.5. The zero-order valence-electron chi connectivity index (χ0n) is 27.7. The minimum atomic E-state index is -0.169. The smallest absolute Gasteiger partial charge is 0.0540 e. The fourth-order valence-corrected chi connectivity index (χ4v) is 7.73. The van der Waals surface area contributed by atoms with E-state index < -0.39 is 0 Å². The second kappa shape index (κ2) is 11.5. The molecule has 0 radical (unpaired) electrons.